The van der Waals surface area contributed by atoms with Crippen LogP contribution in [0.3, 0.4) is 0 Å². The number of carbonyl (C=O) groups excluding carboxylic acids is 3. The van der Waals surface area contributed by atoms with Gasteiger partial charge in [-0.2, -0.15) is 0 Å². The van der Waals surface area contributed by atoms with Crippen LogP contribution in [0.1, 0.15) is 81.3 Å². The third kappa shape index (κ3) is 7.75. The van der Waals surface area contributed by atoms with Gasteiger partial charge in [0.05, 0.1) is 36.6 Å². The summed E-state index contributed by atoms with van der Waals surface area (Å²) in [6.45, 7) is 13.0. The summed E-state index contributed by atoms with van der Waals surface area (Å²) in [6.07, 6.45) is 9.41. The number of rotatable bonds is 13. The van der Waals surface area contributed by atoms with E-state index in [-0.39, 0.29) is 24.7 Å². The number of Topliss-reactive ketones (excluding diaryl/α,β-unsaturated/α-hetero) is 1. The first-order chi connectivity index (χ1) is 20.4. The fourth-order valence-corrected chi connectivity index (χ4v) is 5.09. The van der Waals surface area contributed by atoms with Crippen molar-refractivity contribution in [1.29, 1.82) is 0 Å². The number of nitrogens with one attached hydrogen (secondary N) is 1. The molecule has 3 aromatic rings. The van der Waals surface area contributed by atoms with E-state index < -0.39 is 18.0 Å². The van der Waals surface area contributed by atoms with Gasteiger partial charge in [-0.15, -0.1) is 0 Å². The maximum atomic E-state index is 14.1. The molecule has 2 amide bonds. The number of aryl methyl sites for hydroxylation is 2. The third-order valence-electron chi connectivity index (χ3n) is 7.41. The molecule has 2 atom stereocenters. The summed E-state index contributed by atoms with van der Waals surface area (Å²) < 4.78 is 5.36. The van der Waals surface area contributed by atoms with Crippen molar-refractivity contribution < 1.29 is 19.1 Å². The molecule has 2 unspecified atom stereocenters. The number of nitrogens with zero attached hydrogens (tertiary/aromatic N) is 2. The number of imidazole rings is 1. The third-order valence-corrected chi connectivity index (χ3v) is 7.41. The van der Waals surface area contributed by atoms with E-state index in [2.05, 4.69) is 16.5 Å². The van der Waals surface area contributed by atoms with E-state index in [1.165, 1.54) is 14.0 Å². The number of carbonyl (C=O) groups is 3. The molecule has 0 fully saturated rings. The second-order valence-corrected chi connectivity index (χ2v) is 10.5. The first kappa shape index (κ1) is 32.8. The number of allylic oxidation sites excluding steroid dienone is 5. The van der Waals surface area contributed by atoms with Crippen molar-refractivity contribution in [3.05, 3.63) is 112 Å². The minimum absolute atomic E-state index is 0.145. The van der Waals surface area contributed by atoms with Gasteiger partial charge in [0.1, 0.15) is 11.6 Å². The van der Waals surface area contributed by atoms with Crippen LogP contribution in [0.15, 0.2) is 67.4 Å². The van der Waals surface area contributed by atoms with Crippen LogP contribution in [0.4, 0.5) is 0 Å². The summed E-state index contributed by atoms with van der Waals surface area (Å²) in [5, 5.41) is 0. The average molecular weight is 584 g/mol. The molecule has 0 aliphatic heterocycles. The number of aromatic nitrogens is 2. The Hall–Kier alpha value is -4.76. The quantitative estimate of drug-likeness (QED) is 0.188. The summed E-state index contributed by atoms with van der Waals surface area (Å²) in [7, 11) is 1.51. The number of aromatic amines is 1. The minimum Gasteiger partial charge on any atom is -0.496 e. The van der Waals surface area contributed by atoms with Gasteiger partial charge < -0.3 is 26.1 Å². The smallest absolute Gasteiger partial charge is 0.248 e. The zero-order valence-electron chi connectivity index (χ0n) is 25.7. The molecule has 2 aromatic carbocycles. The van der Waals surface area contributed by atoms with Crippen LogP contribution in [0.2, 0.25) is 0 Å². The number of amides is 2. The number of methoxy groups -OCH3 is 1. The number of ether oxygens (including phenoxy) is 1. The summed E-state index contributed by atoms with van der Waals surface area (Å²) in [6, 6.07) is 7.33. The molecule has 3 rings (SSSR count). The first-order valence-electron chi connectivity index (χ1n) is 14.1. The molecule has 0 aliphatic carbocycles. The van der Waals surface area contributed by atoms with E-state index in [0.29, 0.717) is 22.7 Å². The lowest BCUT2D eigenvalue weighted by molar-refractivity contribution is -0.135. The molecule has 0 saturated heterocycles. The van der Waals surface area contributed by atoms with Crippen molar-refractivity contribution >= 4 is 23.2 Å². The molecule has 226 valence electrons. The van der Waals surface area contributed by atoms with Crippen molar-refractivity contribution in [2.45, 2.75) is 59.7 Å². The number of ketones is 1. The molecule has 1 aromatic heterocycles. The molecule has 9 nitrogen and oxygen atoms in total. The van der Waals surface area contributed by atoms with E-state index in [0.717, 1.165) is 33.5 Å². The van der Waals surface area contributed by atoms with Gasteiger partial charge in [0.2, 0.25) is 11.8 Å². The number of nitrogens with two attached hydrogens (primary N) is 2. The van der Waals surface area contributed by atoms with E-state index in [1.807, 2.05) is 52.0 Å². The summed E-state index contributed by atoms with van der Waals surface area (Å²) in [5.74, 6) is 0.0893. The van der Waals surface area contributed by atoms with Crippen LogP contribution in [0.25, 0.3) is 5.57 Å². The molecular formula is C34H41N5O4. The van der Waals surface area contributed by atoms with E-state index >= 15 is 0 Å². The van der Waals surface area contributed by atoms with Crippen molar-refractivity contribution in [3.63, 3.8) is 0 Å². The Morgan fingerprint density at radius 3 is 2.40 bits per heavy atom. The van der Waals surface area contributed by atoms with Crippen molar-refractivity contribution in [2.75, 3.05) is 7.11 Å². The van der Waals surface area contributed by atoms with Gasteiger partial charge in [0.15, 0.2) is 5.78 Å². The molecule has 1 heterocycles. The lowest BCUT2D eigenvalue weighted by atomic mass is 9.93. The van der Waals surface area contributed by atoms with Crippen molar-refractivity contribution in [3.8, 4) is 5.75 Å². The summed E-state index contributed by atoms with van der Waals surface area (Å²) in [5.41, 5.74) is 17.9. The maximum absolute atomic E-state index is 14.1. The van der Waals surface area contributed by atoms with E-state index in [9.17, 15) is 14.4 Å². The van der Waals surface area contributed by atoms with Crippen LogP contribution < -0.4 is 16.2 Å². The molecule has 5 N–H and O–H groups in total. The highest BCUT2D eigenvalue weighted by molar-refractivity contribution is 5.97. The van der Waals surface area contributed by atoms with Gasteiger partial charge in [0, 0.05) is 12.1 Å². The SMILES string of the molecule is C=C/C=C(\C=C/C)c1cnc(C(C)N(Cc2ccc(OC)c(C(C)=O)c2)C(=O)C(N)Cc2c(C)cc(C(N)=O)cc2C)[nH]1. The molecule has 43 heavy (non-hydrogen) atoms. The van der Waals surface area contributed by atoms with Crippen LogP contribution in [0.5, 0.6) is 5.75 Å². The summed E-state index contributed by atoms with van der Waals surface area (Å²) >= 11 is 0. The van der Waals surface area contributed by atoms with E-state index in [4.69, 9.17) is 16.2 Å². The lowest BCUT2D eigenvalue weighted by Crippen LogP contribution is -2.46. The molecule has 0 spiro atoms. The molecular weight excluding hydrogens is 542 g/mol. The Morgan fingerprint density at radius 1 is 1.16 bits per heavy atom. The fraction of sp³-hybridized carbons (Fsp3) is 0.294. The number of benzene rings is 2. The highest BCUT2D eigenvalue weighted by Gasteiger charge is 2.29. The number of hydrogen-bond donors (Lipinski definition) is 3. The topological polar surface area (TPSA) is 144 Å². The second-order valence-electron chi connectivity index (χ2n) is 10.5. The van der Waals surface area contributed by atoms with Gasteiger partial charge in [-0.3, -0.25) is 14.4 Å². The van der Waals surface area contributed by atoms with Gasteiger partial charge in [-0.05, 0) is 93.1 Å². The maximum Gasteiger partial charge on any atom is 0.248 e. The number of H-pyrrole nitrogens is 1. The normalized spacial score (nSPS) is 13.0. The van der Waals surface area contributed by atoms with Crippen LogP contribution >= 0.6 is 0 Å². The zero-order chi connectivity index (χ0) is 31.8. The molecule has 9 heteroatoms. The highest BCUT2D eigenvalue weighted by Crippen LogP contribution is 2.27. The fourth-order valence-electron chi connectivity index (χ4n) is 5.09. The Bertz CT molecular complexity index is 1560. The zero-order valence-corrected chi connectivity index (χ0v) is 25.7. The summed E-state index contributed by atoms with van der Waals surface area (Å²) in [4.78, 5) is 47.8. The average Bonchev–Trinajstić information content (AvgIpc) is 3.47. The standard InChI is InChI=1S/C34H41N5O4/c1-8-10-25(11-9-2)30-18-37-33(38-30)22(5)39(19-24-12-13-31(43-7)28(16-24)23(6)40)34(42)29(35)17-27-20(3)14-26(32(36)41)15-21(27)4/h8-16,18,22,29H,1,17,19,35H2,2-7H3,(H2,36,41)(H,37,38)/b11-9-,25-10+. The van der Waals surface area contributed by atoms with Gasteiger partial charge >= 0.3 is 0 Å². The lowest BCUT2D eigenvalue weighted by Gasteiger charge is -2.31. The first-order valence-corrected chi connectivity index (χ1v) is 14.1. The Morgan fingerprint density at radius 2 is 1.84 bits per heavy atom. The van der Waals surface area contributed by atoms with Crippen LogP contribution in [-0.2, 0) is 17.8 Å². The van der Waals surface area contributed by atoms with E-state index in [1.54, 1.807) is 41.4 Å². The largest absolute Gasteiger partial charge is 0.496 e. The highest BCUT2D eigenvalue weighted by atomic mass is 16.5. The number of hydrogen-bond acceptors (Lipinski definition) is 6. The Kier molecular flexibility index (Phi) is 11.0. The predicted octanol–water partition coefficient (Wildman–Crippen LogP) is 5.14. The van der Waals surface area contributed by atoms with Gasteiger partial charge in [-0.1, -0.05) is 36.9 Å². The Balaban J connectivity index is 2.02. The van der Waals surface area contributed by atoms with Crippen LogP contribution in [0, 0.1) is 13.8 Å². The predicted molar refractivity (Wildman–Crippen MR) is 170 cm³/mol. The minimum atomic E-state index is -0.890. The molecule has 0 aliphatic rings. The second kappa shape index (κ2) is 14.4. The molecule has 0 bridgehead atoms. The van der Waals surface area contributed by atoms with Crippen molar-refractivity contribution in [1.82, 2.24) is 14.9 Å². The van der Waals surface area contributed by atoms with Crippen LogP contribution in [-0.4, -0.2) is 45.6 Å². The van der Waals surface area contributed by atoms with Gasteiger partial charge in [-0.25, -0.2) is 4.98 Å². The number of primary amides is 1. The van der Waals surface area contributed by atoms with Gasteiger partial charge in [0.25, 0.3) is 0 Å². The molecule has 0 radical (unpaired) electrons. The molecule has 0 saturated carbocycles. The monoisotopic (exact) mass is 583 g/mol. The van der Waals surface area contributed by atoms with Crippen molar-refractivity contribution in [2.24, 2.45) is 11.5 Å². The Labute approximate surface area is 253 Å².